The summed E-state index contributed by atoms with van der Waals surface area (Å²) in [7, 11) is 0. The molecule has 0 atom stereocenters. The molecular weight excluding hydrogens is 366 g/mol. The monoisotopic (exact) mass is 375 g/mol. The van der Waals surface area contributed by atoms with E-state index in [9.17, 15) is 10.1 Å². The summed E-state index contributed by atoms with van der Waals surface area (Å²) >= 11 is 3.36. The van der Waals surface area contributed by atoms with E-state index < -0.39 is 0 Å². The number of fused-ring (bicyclic) bond motifs is 3. The first kappa shape index (κ1) is 14.6. The zero-order chi connectivity index (χ0) is 16.7. The van der Waals surface area contributed by atoms with Gasteiger partial charge in [0.2, 0.25) is 5.78 Å². The van der Waals surface area contributed by atoms with E-state index in [1.165, 1.54) is 0 Å². The Morgan fingerprint density at radius 1 is 1.12 bits per heavy atom. The normalized spacial score (nSPS) is 10.8. The number of hydrogen-bond donors (Lipinski definition) is 0. The second-order valence-electron chi connectivity index (χ2n) is 5.38. The number of carbonyl (C=O) groups excluding carboxylic acids is 1. The Labute approximate surface area is 146 Å². The average molecular weight is 376 g/mol. The predicted octanol–water partition coefficient (Wildman–Crippen LogP) is 4.35. The van der Waals surface area contributed by atoms with Crippen molar-refractivity contribution in [1.82, 2.24) is 9.61 Å². The maximum Gasteiger partial charge on any atom is 0.211 e. The van der Waals surface area contributed by atoms with Crippen LogP contribution < -0.4 is 0 Å². The minimum atomic E-state index is -0.165. The van der Waals surface area contributed by atoms with Gasteiger partial charge in [-0.05, 0) is 30.3 Å². The van der Waals surface area contributed by atoms with Crippen molar-refractivity contribution in [1.29, 1.82) is 5.26 Å². The molecule has 2 aromatic heterocycles. The number of benzene rings is 2. The van der Waals surface area contributed by atoms with E-state index in [0.29, 0.717) is 22.3 Å². The van der Waals surface area contributed by atoms with Crippen LogP contribution in [0.15, 0.2) is 65.3 Å². The van der Waals surface area contributed by atoms with Gasteiger partial charge in [-0.1, -0.05) is 40.2 Å². The third-order valence-electron chi connectivity index (χ3n) is 3.96. The minimum absolute atomic E-state index is 0.165. The molecular formula is C19H10BrN3O. The van der Waals surface area contributed by atoms with E-state index in [-0.39, 0.29) is 5.78 Å². The summed E-state index contributed by atoms with van der Waals surface area (Å²) in [6.45, 7) is 0. The van der Waals surface area contributed by atoms with Crippen molar-refractivity contribution in [2.24, 2.45) is 0 Å². The molecule has 0 unspecified atom stereocenters. The first-order valence-corrected chi connectivity index (χ1v) is 8.08. The van der Waals surface area contributed by atoms with Crippen LogP contribution in [0.5, 0.6) is 0 Å². The van der Waals surface area contributed by atoms with Crippen molar-refractivity contribution in [2.45, 2.75) is 0 Å². The molecule has 0 amide bonds. The molecule has 0 bridgehead atoms. The largest absolute Gasteiger partial charge is 0.287 e. The molecule has 0 fully saturated rings. The van der Waals surface area contributed by atoms with Crippen LogP contribution in [0.3, 0.4) is 0 Å². The van der Waals surface area contributed by atoms with Crippen LogP contribution in [-0.2, 0) is 0 Å². The number of nitriles is 1. The van der Waals surface area contributed by atoms with E-state index in [1.807, 2.05) is 36.4 Å². The summed E-state index contributed by atoms with van der Waals surface area (Å²) in [6.07, 6.45) is 1.71. The second kappa shape index (κ2) is 5.59. The van der Waals surface area contributed by atoms with E-state index in [1.54, 1.807) is 28.9 Å². The van der Waals surface area contributed by atoms with Crippen molar-refractivity contribution in [3.63, 3.8) is 0 Å². The maximum atomic E-state index is 12.9. The topological polar surface area (TPSA) is 58.2 Å². The molecule has 2 heterocycles. The van der Waals surface area contributed by atoms with E-state index >= 15 is 0 Å². The van der Waals surface area contributed by atoms with Gasteiger partial charge in [-0.25, -0.2) is 4.52 Å². The highest BCUT2D eigenvalue weighted by molar-refractivity contribution is 9.10. The Kier molecular flexibility index (Phi) is 3.40. The number of halogens is 1. The fraction of sp³-hybridized carbons (Fsp3) is 0. The van der Waals surface area contributed by atoms with E-state index in [4.69, 9.17) is 0 Å². The van der Waals surface area contributed by atoms with E-state index in [2.05, 4.69) is 27.1 Å². The van der Waals surface area contributed by atoms with Crippen LogP contribution in [0.1, 0.15) is 21.6 Å². The molecule has 0 spiro atoms. The van der Waals surface area contributed by atoms with Gasteiger partial charge in [0.05, 0.1) is 17.3 Å². The molecule has 0 radical (unpaired) electrons. The number of aromatic nitrogens is 2. The van der Waals surface area contributed by atoms with Crippen molar-refractivity contribution >= 4 is 38.0 Å². The van der Waals surface area contributed by atoms with Gasteiger partial charge in [0.25, 0.3) is 0 Å². The molecule has 2 aromatic carbocycles. The van der Waals surface area contributed by atoms with Crippen LogP contribution in [-0.4, -0.2) is 15.4 Å². The summed E-state index contributed by atoms with van der Waals surface area (Å²) in [5.74, 6) is -0.165. The van der Waals surface area contributed by atoms with Crippen LogP contribution in [0.4, 0.5) is 0 Å². The molecule has 0 aliphatic rings. The smallest absolute Gasteiger partial charge is 0.211 e. The Morgan fingerprint density at radius 2 is 1.88 bits per heavy atom. The molecule has 4 aromatic rings. The lowest BCUT2D eigenvalue weighted by atomic mass is 10.1. The standard InChI is InChI=1S/C19H10BrN3O/c20-15-7-5-12(6-8-15)19(24)17-9-14(10-21)18-16-4-2-1-3-13(16)11-22-23(17)18/h1-9,11H. The Morgan fingerprint density at radius 3 is 2.62 bits per heavy atom. The summed E-state index contributed by atoms with van der Waals surface area (Å²) in [5.41, 5.74) is 2.04. The van der Waals surface area contributed by atoms with Gasteiger partial charge in [-0.15, -0.1) is 0 Å². The third kappa shape index (κ3) is 2.20. The van der Waals surface area contributed by atoms with Gasteiger partial charge in [0.1, 0.15) is 11.8 Å². The molecule has 114 valence electrons. The molecule has 0 saturated heterocycles. The Bertz CT molecular complexity index is 1140. The highest BCUT2D eigenvalue weighted by Crippen LogP contribution is 2.26. The maximum absolute atomic E-state index is 12.9. The molecule has 0 aliphatic heterocycles. The molecule has 4 rings (SSSR count). The molecule has 0 saturated carbocycles. The first-order chi connectivity index (χ1) is 11.7. The van der Waals surface area contributed by atoms with Crippen molar-refractivity contribution < 1.29 is 4.79 Å². The lowest BCUT2D eigenvalue weighted by Crippen LogP contribution is -2.07. The summed E-state index contributed by atoms with van der Waals surface area (Å²) in [4.78, 5) is 12.9. The Hall–Kier alpha value is -2.97. The predicted molar refractivity (Wildman–Crippen MR) is 95.0 cm³/mol. The van der Waals surface area contributed by atoms with Crippen LogP contribution in [0.2, 0.25) is 0 Å². The van der Waals surface area contributed by atoms with Crippen molar-refractivity contribution in [3.05, 3.63) is 82.1 Å². The van der Waals surface area contributed by atoms with Crippen molar-refractivity contribution in [2.75, 3.05) is 0 Å². The summed E-state index contributed by atoms with van der Waals surface area (Å²) in [5, 5.41) is 15.7. The van der Waals surface area contributed by atoms with Crippen LogP contribution in [0, 0.1) is 11.3 Å². The zero-order valence-corrected chi connectivity index (χ0v) is 14.0. The molecule has 24 heavy (non-hydrogen) atoms. The van der Waals surface area contributed by atoms with Crippen LogP contribution in [0.25, 0.3) is 16.3 Å². The van der Waals surface area contributed by atoms with Crippen LogP contribution >= 0.6 is 15.9 Å². The number of carbonyl (C=O) groups is 1. The number of ketones is 1. The first-order valence-electron chi connectivity index (χ1n) is 7.29. The van der Waals surface area contributed by atoms with Gasteiger partial charge in [0, 0.05) is 20.8 Å². The van der Waals surface area contributed by atoms with Gasteiger partial charge in [-0.3, -0.25) is 4.79 Å². The van der Waals surface area contributed by atoms with Gasteiger partial charge in [0.15, 0.2) is 0 Å². The summed E-state index contributed by atoms with van der Waals surface area (Å²) in [6, 6.07) is 18.6. The number of hydrogen-bond acceptors (Lipinski definition) is 3. The zero-order valence-electron chi connectivity index (χ0n) is 12.4. The Balaban J connectivity index is 2.00. The third-order valence-corrected chi connectivity index (χ3v) is 4.49. The molecule has 0 N–H and O–H groups in total. The quantitative estimate of drug-likeness (QED) is 0.489. The lowest BCUT2D eigenvalue weighted by molar-refractivity contribution is 0.103. The fourth-order valence-corrected chi connectivity index (χ4v) is 3.09. The van der Waals surface area contributed by atoms with Gasteiger partial charge < -0.3 is 0 Å². The average Bonchev–Trinajstić information content (AvgIpc) is 3.01. The van der Waals surface area contributed by atoms with E-state index in [0.717, 1.165) is 15.2 Å². The highest BCUT2D eigenvalue weighted by atomic mass is 79.9. The second-order valence-corrected chi connectivity index (χ2v) is 6.30. The number of nitrogens with zero attached hydrogens (tertiary/aromatic N) is 3. The minimum Gasteiger partial charge on any atom is -0.287 e. The van der Waals surface area contributed by atoms with Gasteiger partial charge >= 0.3 is 0 Å². The molecule has 4 nitrogen and oxygen atoms in total. The fourth-order valence-electron chi connectivity index (χ4n) is 2.82. The van der Waals surface area contributed by atoms with Gasteiger partial charge in [-0.2, -0.15) is 10.4 Å². The summed E-state index contributed by atoms with van der Waals surface area (Å²) < 4.78 is 2.46. The molecule has 5 heteroatoms. The van der Waals surface area contributed by atoms with Crippen molar-refractivity contribution in [3.8, 4) is 6.07 Å². The number of rotatable bonds is 2. The lowest BCUT2D eigenvalue weighted by Gasteiger charge is -2.04. The SMILES string of the molecule is N#Cc1cc(C(=O)c2ccc(Br)cc2)n2ncc3ccccc3c12. The highest BCUT2D eigenvalue weighted by Gasteiger charge is 2.19. The molecule has 0 aliphatic carbocycles.